The maximum Gasteiger partial charge on any atom is 0.345 e. The number of para-hydroxylation sites is 1. The predicted octanol–water partition coefficient (Wildman–Crippen LogP) is 3.24. The molecule has 1 N–H and O–H groups in total. The first kappa shape index (κ1) is 18.0. The Balaban J connectivity index is 1.71. The van der Waals surface area contributed by atoms with Gasteiger partial charge in [0.05, 0.1) is 12.3 Å². The number of ketones is 1. The van der Waals surface area contributed by atoms with Crippen LogP contribution in [0.5, 0.6) is 11.5 Å². The van der Waals surface area contributed by atoms with Crippen LogP contribution in [0.15, 0.2) is 42.6 Å². The number of hydrogen-bond acceptors (Lipinski definition) is 5. The first-order valence-electron chi connectivity index (χ1n) is 9.13. The van der Waals surface area contributed by atoms with E-state index < -0.39 is 18.0 Å². The lowest BCUT2D eigenvalue weighted by molar-refractivity contribution is -0.145. The smallest absolute Gasteiger partial charge is 0.345 e. The number of carbonyl (C=O) groups is 2. The maximum absolute atomic E-state index is 13.2. The molecule has 0 saturated carbocycles. The van der Waals surface area contributed by atoms with Gasteiger partial charge in [-0.15, -0.1) is 0 Å². The third-order valence-electron chi connectivity index (χ3n) is 4.94. The van der Waals surface area contributed by atoms with E-state index in [0.717, 1.165) is 5.56 Å². The molecule has 0 saturated heterocycles. The first-order chi connectivity index (χ1) is 13.5. The summed E-state index contributed by atoms with van der Waals surface area (Å²) in [6.45, 7) is 4.14. The van der Waals surface area contributed by atoms with Crippen molar-refractivity contribution in [3.05, 3.63) is 59.5 Å². The van der Waals surface area contributed by atoms with Gasteiger partial charge in [-0.2, -0.15) is 0 Å². The number of aryl methyl sites for hydroxylation is 1. The number of carboxylic acid groups (broad SMARTS) is 1. The molecule has 3 heterocycles. The third kappa shape index (κ3) is 2.89. The topological polar surface area (TPSA) is 90.1 Å². The van der Waals surface area contributed by atoms with Crippen molar-refractivity contribution < 1.29 is 24.2 Å². The number of benzene rings is 1. The van der Waals surface area contributed by atoms with Crippen LogP contribution < -0.4 is 9.47 Å². The Morgan fingerprint density at radius 1 is 1.25 bits per heavy atom. The molecule has 3 aromatic rings. The van der Waals surface area contributed by atoms with E-state index >= 15 is 0 Å². The lowest BCUT2D eigenvalue weighted by Gasteiger charge is -2.14. The van der Waals surface area contributed by atoms with Crippen LogP contribution in [0.3, 0.4) is 0 Å². The van der Waals surface area contributed by atoms with Gasteiger partial charge in [0.25, 0.3) is 0 Å². The number of carbonyl (C=O) groups excluding carboxylic acids is 1. The van der Waals surface area contributed by atoms with E-state index in [9.17, 15) is 14.7 Å². The number of rotatable bonds is 6. The van der Waals surface area contributed by atoms with E-state index in [1.807, 2.05) is 19.1 Å². The molecule has 1 aromatic carbocycles. The Labute approximate surface area is 161 Å². The lowest BCUT2D eigenvalue weighted by Crippen LogP contribution is -2.30. The van der Waals surface area contributed by atoms with Gasteiger partial charge in [-0.05, 0) is 32.0 Å². The Morgan fingerprint density at radius 3 is 2.79 bits per heavy atom. The quantitative estimate of drug-likeness (QED) is 0.660. The van der Waals surface area contributed by atoms with Gasteiger partial charge in [0, 0.05) is 24.1 Å². The molecule has 0 radical (unpaired) electrons. The molecule has 0 amide bonds. The summed E-state index contributed by atoms with van der Waals surface area (Å²) in [5.74, 6) is -0.703. The second kappa shape index (κ2) is 6.99. The van der Waals surface area contributed by atoms with Gasteiger partial charge in [0.15, 0.2) is 17.2 Å². The molecular formula is C21H20N2O5. The Bertz CT molecular complexity index is 1070. The highest BCUT2D eigenvalue weighted by molar-refractivity contribution is 5.98. The number of nitrogens with zero attached hydrogens (tertiary/aromatic N) is 2. The molecule has 0 spiro atoms. The third-order valence-corrected chi connectivity index (χ3v) is 4.94. The van der Waals surface area contributed by atoms with Crippen molar-refractivity contribution >= 4 is 17.4 Å². The van der Waals surface area contributed by atoms with Crippen LogP contribution in [0.25, 0.3) is 5.65 Å². The fraction of sp³-hybridized carbons (Fsp3) is 0.286. The fourth-order valence-corrected chi connectivity index (χ4v) is 3.77. The normalized spacial score (nSPS) is 17.9. The molecule has 2 aromatic heterocycles. The van der Waals surface area contributed by atoms with Crippen LogP contribution in [0, 0.1) is 6.92 Å². The van der Waals surface area contributed by atoms with Gasteiger partial charge < -0.3 is 14.6 Å². The van der Waals surface area contributed by atoms with Crippen LogP contribution in [0.4, 0.5) is 0 Å². The number of carboxylic acids is 1. The SMILES string of the molecule is CCOc1cccn2c(C(=O)CC3c4ccccc4O[C@@H]3C(=O)O)c(C)nc12. The zero-order chi connectivity index (χ0) is 19.8. The van der Waals surface area contributed by atoms with Crippen LogP contribution in [-0.4, -0.2) is 39.0 Å². The van der Waals surface area contributed by atoms with E-state index in [1.54, 1.807) is 41.8 Å². The minimum absolute atomic E-state index is 0.0154. The second-order valence-electron chi connectivity index (χ2n) is 6.69. The zero-order valence-electron chi connectivity index (χ0n) is 15.6. The van der Waals surface area contributed by atoms with Gasteiger partial charge in [0.1, 0.15) is 11.4 Å². The number of aliphatic carboxylic acids is 1. The van der Waals surface area contributed by atoms with E-state index in [4.69, 9.17) is 9.47 Å². The first-order valence-corrected chi connectivity index (χ1v) is 9.13. The van der Waals surface area contributed by atoms with Crippen molar-refractivity contribution in [3.8, 4) is 11.5 Å². The number of aromatic nitrogens is 2. The minimum Gasteiger partial charge on any atom is -0.490 e. The van der Waals surface area contributed by atoms with Crippen molar-refractivity contribution in [3.63, 3.8) is 0 Å². The average molecular weight is 380 g/mol. The molecule has 0 aliphatic carbocycles. The highest BCUT2D eigenvalue weighted by Gasteiger charge is 2.41. The summed E-state index contributed by atoms with van der Waals surface area (Å²) < 4.78 is 12.9. The molecule has 0 fully saturated rings. The Hall–Kier alpha value is -3.35. The van der Waals surface area contributed by atoms with E-state index in [0.29, 0.717) is 35.1 Å². The molecule has 7 heteroatoms. The Kier molecular flexibility index (Phi) is 4.50. The number of ether oxygens (including phenoxy) is 2. The predicted molar refractivity (Wildman–Crippen MR) is 101 cm³/mol. The van der Waals surface area contributed by atoms with Gasteiger partial charge in [-0.3, -0.25) is 9.20 Å². The van der Waals surface area contributed by atoms with E-state index in [2.05, 4.69) is 4.98 Å². The lowest BCUT2D eigenvalue weighted by atomic mass is 9.89. The van der Waals surface area contributed by atoms with Gasteiger partial charge in [-0.1, -0.05) is 18.2 Å². The number of hydrogen-bond donors (Lipinski definition) is 1. The second-order valence-corrected chi connectivity index (χ2v) is 6.69. The van der Waals surface area contributed by atoms with Crippen LogP contribution >= 0.6 is 0 Å². The monoisotopic (exact) mass is 380 g/mol. The molecule has 1 aliphatic heterocycles. The minimum atomic E-state index is -1.08. The van der Waals surface area contributed by atoms with Crippen molar-refractivity contribution in [1.82, 2.24) is 9.38 Å². The zero-order valence-corrected chi connectivity index (χ0v) is 15.6. The molecular weight excluding hydrogens is 360 g/mol. The van der Waals surface area contributed by atoms with Crippen molar-refractivity contribution in [2.75, 3.05) is 6.61 Å². The van der Waals surface area contributed by atoms with Crippen molar-refractivity contribution in [2.24, 2.45) is 0 Å². The largest absolute Gasteiger partial charge is 0.490 e. The standard InChI is InChI=1S/C21H20N2O5/c1-3-27-17-9-6-10-23-18(12(2)22-20(17)23)15(24)11-14-13-7-4-5-8-16(13)28-19(14)21(25)26/h4-10,14,19H,3,11H2,1-2H3,(H,25,26)/t14?,19-/m0/s1. The molecule has 7 nitrogen and oxygen atoms in total. The molecule has 1 aliphatic rings. The molecule has 0 bridgehead atoms. The summed E-state index contributed by atoms with van der Waals surface area (Å²) in [5, 5.41) is 9.55. The summed E-state index contributed by atoms with van der Waals surface area (Å²) in [4.78, 5) is 29.4. The van der Waals surface area contributed by atoms with Gasteiger partial charge in [0.2, 0.25) is 6.10 Å². The molecule has 28 heavy (non-hydrogen) atoms. The van der Waals surface area contributed by atoms with Crippen LogP contribution in [0.2, 0.25) is 0 Å². The van der Waals surface area contributed by atoms with Gasteiger partial charge >= 0.3 is 5.97 Å². The highest BCUT2D eigenvalue weighted by atomic mass is 16.5. The molecule has 144 valence electrons. The summed E-state index contributed by atoms with van der Waals surface area (Å²) in [5.41, 5.74) is 2.33. The summed E-state index contributed by atoms with van der Waals surface area (Å²) in [6, 6.07) is 10.7. The number of fused-ring (bicyclic) bond motifs is 2. The molecule has 1 unspecified atom stereocenters. The fourth-order valence-electron chi connectivity index (χ4n) is 3.77. The number of imidazole rings is 1. The number of Topliss-reactive ketones (excluding diaryl/α,β-unsaturated/α-hetero) is 1. The summed E-state index contributed by atoms with van der Waals surface area (Å²) in [7, 11) is 0. The highest BCUT2D eigenvalue weighted by Crippen LogP contribution is 2.41. The average Bonchev–Trinajstić information content (AvgIpc) is 3.20. The Morgan fingerprint density at radius 2 is 2.04 bits per heavy atom. The van der Waals surface area contributed by atoms with E-state index in [-0.39, 0.29) is 12.2 Å². The van der Waals surface area contributed by atoms with E-state index in [1.165, 1.54) is 0 Å². The van der Waals surface area contributed by atoms with Crippen LogP contribution in [0.1, 0.15) is 41.0 Å². The van der Waals surface area contributed by atoms with Crippen LogP contribution in [-0.2, 0) is 4.79 Å². The van der Waals surface area contributed by atoms with Gasteiger partial charge in [-0.25, -0.2) is 9.78 Å². The molecule has 4 rings (SSSR count). The maximum atomic E-state index is 13.2. The van der Waals surface area contributed by atoms with Crippen molar-refractivity contribution in [1.29, 1.82) is 0 Å². The summed E-state index contributed by atoms with van der Waals surface area (Å²) >= 11 is 0. The molecule has 2 atom stereocenters. The number of pyridine rings is 1. The summed E-state index contributed by atoms with van der Waals surface area (Å²) in [6.07, 6.45) is 0.695. The van der Waals surface area contributed by atoms with Crippen molar-refractivity contribution in [2.45, 2.75) is 32.3 Å².